The molecule has 1 rings (SSSR count). The molecule has 0 aliphatic carbocycles. The predicted molar refractivity (Wildman–Crippen MR) is 77.0 cm³/mol. The molecule has 1 aliphatic heterocycles. The van der Waals surface area contributed by atoms with Crippen LogP contribution in [0.15, 0.2) is 0 Å². The highest BCUT2D eigenvalue weighted by Crippen LogP contribution is 2.15. The van der Waals surface area contributed by atoms with E-state index in [0.29, 0.717) is 19.1 Å². The first-order valence-corrected chi connectivity index (χ1v) is 7.50. The number of hydrogen-bond donors (Lipinski definition) is 1. The third-order valence-corrected chi connectivity index (χ3v) is 3.92. The zero-order valence-corrected chi connectivity index (χ0v) is 12.6. The Morgan fingerprint density at radius 2 is 2.11 bits per heavy atom. The van der Waals surface area contributed by atoms with E-state index in [9.17, 15) is 4.79 Å². The van der Waals surface area contributed by atoms with Gasteiger partial charge in [0.05, 0.1) is 6.61 Å². The van der Waals surface area contributed by atoms with Crippen molar-refractivity contribution in [2.24, 2.45) is 5.73 Å². The van der Waals surface area contributed by atoms with Crippen molar-refractivity contribution in [3.8, 4) is 0 Å². The van der Waals surface area contributed by atoms with Gasteiger partial charge in [-0.15, -0.1) is 0 Å². The zero-order valence-electron chi connectivity index (χ0n) is 12.6. The maximum Gasteiger partial charge on any atom is 0.322 e. The van der Waals surface area contributed by atoms with Crippen LogP contribution in [0.25, 0.3) is 0 Å². The molecule has 0 aromatic heterocycles. The molecule has 19 heavy (non-hydrogen) atoms. The number of nitrogens with two attached hydrogens (primary N) is 1. The van der Waals surface area contributed by atoms with E-state index in [4.69, 9.17) is 10.5 Å². The summed E-state index contributed by atoms with van der Waals surface area (Å²) in [4.78, 5) is 16.3. The van der Waals surface area contributed by atoms with Crippen LogP contribution in [0.5, 0.6) is 0 Å². The highest BCUT2D eigenvalue weighted by molar-refractivity contribution is 5.75. The lowest BCUT2D eigenvalue weighted by atomic mass is 10.2. The van der Waals surface area contributed by atoms with E-state index in [1.807, 2.05) is 0 Å². The average Bonchev–Trinajstić information content (AvgIpc) is 2.86. The third-order valence-electron chi connectivity index (χ3n) is 3.92. The van der Waals surface area contributed by atoms with Crippen molar-refractivity contribution in [3.05, 3.63) is 0 Å². The van der Waals surface area contributed by atoms with Crippen molar-refractivity contribution >= 4 is 5.97 Å². The molecule has 2 N–H and O–H groups in total. The molecule has 1 heterocycles. The Balaban J connectivity index is 2.27. The molecule has 1 fully saturated rings. The van der Waals surface area contributed by atoms with Gasteiger partial charge < -0.3 is 15.4 Å². The molecule has 0 saturated carbocycles. The van der Waals surface area contributed by atoms with Crippen LogP contribution in [-0.4, -0.2) is 67.2 Å². The fourth-order valence-corrected chi connectivity index (χ4v) is 2.74. The largest absolute Gasteiger partial charge is 0.465 e. The molecule has 1 aliphatic rings. The van der Waals surface area contributed by atoms with Crippen LogP contribution in [0.4, 0.5) is 0 Å². The number of rotatable bonds is 8. The van der Waals surface area contributed by atoms with Crippen molar-refractivity contribution < 1.29 is 9.53 Å². The van der Waals surface area contributed by atoms with Gasteiger partial charge in [0.25, 0.3) is 0 Å². The molecule has 0 aromatic rings. The Bertz CT molecular complexity index is 269. The predicted octanol–water partition coefficient (Wildman–Crippen LogP) is 0.683. The molecule has 5 heteroatoms. The van der Waals surface area contributed by atoms with Crippen LogP contribution in [0.3, 0.4) is 0 Å². The van der Waals surface area contributed by atoms with Crippen molar-refractivity contribution in [1.29, 1.82) is 0 Å². The maximum atomic E-state index is 11.4. The van der Waals surface area contributed by atoms with Crippen molar-refractivity contribution in [1.82, 2.24) is 9.80 Å². The number of ether oxygens (including phenoxy) is 1. The van der Waals surface area contributed by atoms with Gasteiger partial charge in [0.15, 0.2) is 0 Å². The number of likely N-dealkylation sites (N-methyl/N-ethyl adjacent to an activating group) is 1. The van der Waals surface area contributed by atoms with Crippen molar-refractivity contribution in [2.45, 2.75) is 45.7 Å². The first-order valence-electron chi connectivity index (χ1n) is 7.50. The Morgan fingerprint density at radius 1 is 1.42 bits per heavy atom. The molecule has 0 amide bonds. The third kappa shape index (κ3) is 5.09. The van der Waals surface area contributed by atoms with Crippen LogP contribution >= 0.6 is 0 Å². The quantitative estimate of drug-likeness (QED) is 0.658. The van der Waals surface area contributed by atoms with E-state index in [1.165, 1.54) is 6.42 Å². The van der Waals surface area contributed by atoms with Crippen LogP contribution in [0.1, 0.15) is 33.6 Å². The molecule has 112 valence electrons. The Morgan fingerprint density at radius 3 is 2.68 bits per heavy atom. The summed E-state index contributed by atoms with van der Waals surface area (Å²) in [5, 5.41) is 0. The molecular formula is C14H29N3O2. The minimum Gasteiger partial charge on any atom is -0.465 e. The Kier molecular flexibility index (Phi) is 7.34. The van der Waals surface area contributed by atoms with Gasteiger partial charge in [-0.05, 0) is 39.4 Å². The van der Waals surface area contributed by atoms with Gasteiger partial charge in [0, 0.05) is 19.1 Å². The molecule has 2 unspecified atom stereocenters. The number of hydrogen-bond acceptors (Lipinski definition) is 5. The Labute approximate surface area is 117 Å². The van der Waals surface area contributed by atoms with E-state index < -0.39 is 6.04 Å². The summed E-state index contributed by atoms with van der Waals surface area (Å²) in [7, 11) is 0. The van der Waals surface area contributed by atoms with Gasteiger partial charge in [-0.1, -0.05) is 13.8 Å². The minimum atomic E-state index is -0.479. The van der Waals surface area contributed by atoms with Gasteiger partial charge in [0.1, 0.15) is 6.04 Å². The first kappa shape index (κ1) is 16.4. The summed E-state index contributed by atoms with van der Waals surface area (Å²) < 4.78 is 4.92. The van der Waals surface area contributed by atoms with E-state index in [0.717, 1.165) is 32.7 Å². The van der Waals surface area contributed by atoms with E-state index >= 15 is 0 Å². The van der Waals surface area contributed by atoms with Crippen molar-refractivity contribution in [2.75, 3.05) is 39.3 Å². The highest BCUT2D eigenvalue weighted by Gasteiger charge is 2.26. The topological polar surface area (TPSA) is 58.8 Å². The number of nitrogens with zero attached hydrogens (tertiary/aromatic N) is 2. The molecule has 2 atom stereocenters. The highest BCUT2D eigenvalue weighted by atomic mass is 16.5. The summed E-state index contributed by atoms with van der Waals surface area (Å²) in [6.07, 6.45) is 1.90. The van der Waals surface area contributed by atoms with Gasteiger partial charge in [-0.25, -0.2) is 0 Å². The van der Waals surface area contributed by atoms with Crippen LogP contribution < -0.4 is 5.73 Å². The molecule has 0 spiro atoms. The zero-order chi connectivity index (χ0) is 14.3. The van der Waals surface area contributed by atoms with Gasteiger partial charge >= 0.3 is 5.97 Å². The standard InChI is InChI=1S/C14H29N3O2/c1-4-17(5-2)12-7-9-16(11-12)10-8-13(15)14(18)19-6-3/h12-13H,4-11,15H2,1-3H3. The summed E-state index contributed by atoms with van der Waals surface area (Å²) in [6, 6.07) is 0.182. The lowest BCUT2D eigenvalue weighted by Crippen LogP contribution is -2.39. The van der Waals surface area contributed by atoms with Gasteiger partial charge in [0.2, 0.25) is 0 Å². The second-order valence-corrected chi connectivity index (χ2v) is 5.11. The smallest absolute Gasteiger partial charge is 0.322 e. The lowest BCUT2D eigenvalue weighted by Gasteiger charge is -2.26. The summed E-state index contributed by atoms with van der Waals surface area (Å²) >= 11 is 0. The molecular weight excluding hydrogens is 242 g/mol. The average molecular weight is 271 g/mol. The summed E-state index contributed by atoms with van der Waals surface area (Å²) in [6.45, 7) is 11.9. The Hall–Kier alpha value is -0.650. The van der Waals surface area contributed by atoms with E-state index in [-0.39, 0.29) is 5.97 Å². The van der Waals surface area contributed by atoms with Crippen molar-refractivity contribution in [3.63, 3.8) is 0 Å². The summed E-state index contributed by atoms with van der Waals surface area (Å²) in [5.41, 5.74) is 5.82. The second kappa shape index (κ2) is 8.51. The molecule has 0 radical (unpaired) electrons. The molecule has 0 bridgehead atoms. The summed E-state index contributed by atoms with van der Waals surface area (Å²) in [5.74, 6) is -0.276. The monoisotopic (exact) mass is 271 g/mol. The van der Waals surface area contributed by atoms with Crippen LogP contribution in [-0.2, 0) is 9.53 Å². The van der Waals surface area contributed by atoms with E-state index in [2.05, 4.69) is 23.6 Å². The number of carbonyl (C=O) groups excluding carboxylic acids is 1. The molecule has 5 nitrogen and oxygen atoms in total. The maximum absolute atomic E-state index is 11.4. The number of esters is 1. The molecule has 0 aromatic carbocycles. The minimum absolute atomic E-state index is 0.276. The van der Waals surface area contributed by atoms with Gasteiger partial charge in [-0.3, -0.25) is 9.69 Å². The normalized spacial score (nSPS) is 21.8. The van der Waals surface area contributed by atoms with Crippen LogP contribution in [0.2, 0.25) is 0 Å². The number of carbonyl (C=O) groups is 1. The van der Waals surface area contributed by atoms with E-state index in [1.54, 1.807) is 6.92 Å². The van der Waals surface area contributed by atoms with Crippen LogP contribution in [0, 0.1) is 0 Å². The fraction of sp³-hybridized carbons (Fsp3) is 0.929. The lowest BCUT2D eigenvalue weighted by molar-refractivity contribution is -0.144. The SMILES string of the molecule is CCOC(=O)C(N)CCN1CCC(N(CC)CC)C1. The van der Waals surface area contributed by atoms with Gasteiger partial charge in [-0.2, -0.15) is 0 Å². The first-order chi connectivity index (χ1) is 9.12. The molecule has 1 saturated heterocycles. The number of likely N-dealkylation sites (tertiary alicyclic amines) is 1. The second-order valence-electron chi connectivity index (χ2n) is 5.11. The fourth-order valence-electron chi connectivity index (χ4n) is 2.74.